The van der Waals surface area contributed by atoms with Crippen molar-refractivity contribution in [2.45, 2.75) is 17.7 Å². The highest BCUT2D eigenvalue weighted by atomic mass is 32.2. The molecular weight excluding hydrogens is 396 g/mol. The largest absolute Gasteiger partial charge is 0.496 e. The van der Waals surface area contributed by atoms with Gasteiger partial charge in [0.2, 0.25) is 0 Å². The zero-order chi connectivity index (χ0) is 20.3. The molecule has 3 heterocycles. The van der Waals surface area contributed by atoms with E-state index in [9.17, 15) is 0 Å². The van der Waals surface area contributed by atoms with E-state index in [1.807, 2.05) is 24.3 Å². The third-order valence-electron chi connectivity index (χ3n) is 4.99. The van der Waals surface area contributed by atoms with Crippen LogP contribution in [0.1, 0.15) is 5.56 Å². The van der Waals surface area contributed by atoms with Crippen LogP contribution in [-0.4, -0.2) is 43.9 Å². The summed E-state index contributed by atoms with van der Waals surface area (Å²) in [5, 5.41) is 2.83. The van der Waals surface area contributed by atoms with E-state index in [0.29, 0.717) is 5.65 Å². The van der Waals surface area contributed by atoms with Crippen LogP contribution in [0.4, 0.5) is 0 Å². The van der Waals surface area contributed by atoms with Crippen molar-refractivity contribution >= 4 is 29.1 Å². The van der Waals surface area contributed by atoms with Gasteiger partial charge in [-0.3, -0.25) is 4.99 Å². The first kappa shape index (κ1) is 18.6. The highest BCUT2D eigenvalue weighted by molar-refractivity contribution is 7.99. The molecule has 1 aliphatic heterocycles. The molecule has 2 aromatic carbocycles. The third kappa shape index (κ3) is 3.61. The summed E-state index contributed by atoms with van der Waals surface area (Å²) >= 11 is 1.65. The summed E-state index contributed by atoms with van der Waals surface area (Å²) in [5.41, 5.74) is 2.77. The second-order valence-electron chi connectivity index (χ2n) is 6.88. The van der Waals surface area contributed by atoms with E-state index >= 15 is 0 Å². The Kier molecular flexibility index (Phi) is 5.06. The van der Waals surface area contributed by atoms with Gasteiger partial charge >= 0.3 is 0 Å². The summed E-state index contributed by atoms with van der Waals surface area (Å²) in [6.45, 7) is 0.760. The van der Waals surface area contributed by atoms with Gasteiger partial charge in [-0.2, -0.15) is 0 Å². The molecule has 7 nitrogen and oxygen atoms in total. The predicted octanol–water partition coefficient (Wildman–Crippen LogP) is 2.35. The van der Waals surface area contributed by atoms with Gasteiger partial charge in [0.1, 0.15) is 28.8 Å². The number of benzene rings is 2. The van der Waals surface area contributed by atoms with E-state index in [1.54, 1.807) is 31.5 Å². The number of aromatic nitrogens is 4. The molecule has 8 heteroatoms. The predicted molar refractivity (Wildman–Crippen MR) is 116 cm³/mol. The summed E-state index contributed by atoms with van der Waals surface area (Å²) < 4.78 is 5.56. The highest BCUT2D eigenvalue weighted by Crippen LogP contribution is 2.25. The number of H-pyrrole nitrogens is 1. The average Bonchev–Trinajstić information content (AvgIpc) is 3.27. The van der Waals surface area contributed by atoms with E-state index in [1.165, 1.54) is 5.56 Å². The fourth-order valence-corrected chi connectivity index (χ4v) is 4.51. The number of imidazole rings is 1. The van der Waals surface area contributed by atoms with Gasteiger partial charge < -0.3 is 14.6 Å². The Hall–Kier alpha value is -3.39. The molecule has 0 amide bonds. The average molecular weight is 417 g/mol. The number of nitrogens with zero attached hydrogens (tertiary/aromatic N) is 5. The summed E-state index contributed by atoms with van der Waals surface area (Å²) in [6.07, 6.45) is 5.32. The minimum absolute atomic E-state index is 0.0391. The molecule has 0 saturated carbocycles. The lowest BCUT2D eigenvalue weighted by molar-refractivity contribution is 0.314. The molecule has 30 heavy (non-hydrogen) atoms. The van der Waals surface area contributed by atoms with E-state index in [-0.39, 0.29) is 6.17 Å². The smallest absolute Gasteiger partial charge is 0.181 e. The first-order valence-electron chi connectivity index (χ1n) is 9.61. The minimum atomic E-state index is -0.0391. The topological polar surface area (TPSA) is 79.3 Å². The van der Waals surface area contributed by atoms with Gasteiger partial charge in [-0.25, -0.2) is 15.0 Å². The van der Waals surface area contributed by atoms with Crippen molar-refractivity contribution in [2.24, 2.45) is 4.99 Å². The Morgan fingerprint density at radius 1 is 1.07 bits per heavy atom. The Labute approximate surface area is 177 Å². The molecule has 4 aromatic rings. The fourth-order valence-electron chi connectivity index (χ4n) is 3.52. The number of thioether (sulfide) groups is 1. The number of rotatable bonds is 6. The zero-order valence-corrected chi connectivity index (χ0v) is 17.2. The van der Waals surface area contributed by atoms with Crippen LogP contribution in [0.25, 0.3) is 17.4 Å². The van der Waals surface area contributed by atoms with Crippen molar-refractivity contribution in [1.29, 1.82) is 0 Å². The minimum Gasteiger partial charge on any atom is -0.496 e. The van der Waals surface area contributed by atoms with Crippen molar-refractivity contribution in [3.8, 4) is 5.75 Å². The number of methoxy groups -OCH3 is 1. The molecule has 0 spiro atoms. The lowest BCUT2D eigenvalue weighted by Crippen LogP contribution is -2.43. The number of hydrogen-bond acceptors (Lipinski definition) is 7. The van der Waals surface area contributed by atoms with Gasteiger partial charge in [0.05, 0.1) is 24.0 Å². The normalized spacial score (nSPS) is 15.4. The third-order valence-corrected chi connectivity index (χ3v) is 6.04. The van der Waals surface area contributed by atoms with Crippen molar-refractivity contribution < 1.29 is 4.74 Å². The van der Waals surface area contributed by atoms with E-state index in [0.717, 1.165) is 39.2 Å². The van der Waals surface area contributed by atoms with Crippen molar-refractivity contribution in [1.82, 2.24) is 24.8 Å². The molecular formula is C22H20N6OS. The molecule has 0 bridgehead atoms. The van der Waals surface area contributed by atoms with Crippen LogP contribution in [0.5, 0.6) is 5.75 Å². The number of nitrogens with one attached hydrogen (secondary N) is 1. The van der Waals surface area contributed by atoms with Crippen LogP contribution < -0.4 is 15.3 Å². The molecule has 2 aromatic heterocycles. The number of ether oxygens (including phenoxy) is 1. The number of hydrogen-bond donors (Lipinski definition) is 1. The van der Waals surface area contributed by atoms with Crippen molar-refractivity contribution in [3.05, 3.63) is 77.3 Å². The molecule has 0 fully saturated rings. The summed E-state index contributed by atoms with van der Waals surface area (Å²) in [5.74, 6) is 1.57. The SMILES string of the molecule is COc1cccc2c1=CN(Cc1ccccc1)C(CSc1ncnc3nc[nH]c13)N=2. The van der Waals surface area contributed by atoms with Gasteiger partial charge in [-0.1, -0.05) is 48.2 Å². The monoisotopic (exact) mass is 416 g/mol. The molecule has 0 radical (unpaired) electrons. The maximum atomic E-state index is 5.56. The second kappa shape index (κ2) is 8.16. The Morgan fingerprint density at radius 3 is 2.83 bits per heavy atom. The number of fused-ring (bicyclic) bond motifs is 2. The fraction of sp³-hybridized carbons (Fsp3) is 0.182. The quantitative estimate of drug-likeness (QED) is 0.384. The van der Waals surface area contributed by atoms with Crippen LogP contribution in [0.15, 0.2) is 71.2 Å². The molecule has 0 saturated heterocycles. The maximum Gasteiger partial charge on any atom is 0.181 e. The zero-order valence-electron chi connectivity index (χ0n) is 16.4. The van der Waals surface area contributed by atoms with Crippen LogP contribution in [0.3, 0.4) is 0 Å². The van der Waals surface area contributed by atoms with E-state index in [4.69, 9.17) is 9.73 Å². The van der Waals surface area contributed by atoms with Crippen LogP contribution in [0.2, 0.25) is 0 Å². The van der Waals surface area contributed by atoms with Gasteiger partial charge in [-0.05, 0) is 17.7 Å². The second-order valence-corrected chi connectivity index (χ2v) is 7.89. The lowest BCUT2D eigenvalue weighted by Gasteiger charge is -2.30. The van der Waals surface area contributed by atoms with Crippen LogP contribution >= 0.6 is 11.8 Å². The van der Waals surface area contributed by atoms with E-state index in [2.05, 4.69) is 55.3 Å². The first-order chi connectivity index (χ1) is 14.8. The van der Waals surface area contributed by atoms with Crippen LogP contribution in [0, 0.1) is 0 Å². The lowest BCUT2D eigenvalue weighted by atomic mass is 10.2. The van der Waals surface area contributed by atoms with Crippen LogP contribution in [-0.2, 0) is 6.54 Å². The Morgan fingerprint density at radius 2 is 1.97 bits per heavy atom. The van der Waals surface area contributed by atoms with Gasteiger partial charge in [0.15, 0.2) is 5.65 Å². The molecule has 1 aliphatic rings. The summed E-state index contributed by atoms with van der Waals surface area (Å²) in [4.78, 5) is 23.3. The van der Waals surface area contributed by atoms with Gasteiger partial charge in [-0.15, -0.1) is 0 Å². The highest BCUT2D eigenvalue weighted by Gasteiger charge is 2.20. The van der Waals surface area contributed by atoms with Crippen molar-refractivity contribution in [2.75, 3.05) is 12.9 Å². The summed E-state index contributed by atoms with van der Waals surface area (Å²) in [6, 6.07) is 16.4. The van der Waals surface area contributed by atoms with E-state index < -0.39 is 0 Å². The molecule has 1 atom stereocenters. The standard InChI is InChI=1S/C22H20N6OS/c1-29-18-9-5-8-17-16(18)11-28(10-15-6-3-2-4-7-15)19(27-17)12-30-22-20-21(24-13-23-20)25-14-26-22/h2-9,11,13-14,19H,10,12H2,1H3,(H,23,24,25,26). The molecule has 0 aliphatic carbocycles. The van der Waals surface area contributed by atoms with Gasteiger partial charge in [0.25, 0.3) is 0 Å². The Bertz CT molecular complexity index is 1290. The number of aromatic amines is 1. The van der Waals surface area contributed by atoms with Gasteiger partial charge in [0, 0.05) is 18.5 Å². The van der Waals surface area contributed by atoms with Crippen molar-refractivity contribution in [3.63, 3.8) is 0 Å². The molecule has 150 valence electrons. The maximum absolute atomic E-state index is 5.56. The molecule has 1 unspecified atom stereocenters. The molecule has 1 N–H and O–H groups in total. The molecule has 5 rings (SSSR count). The summed E-state index contributed by atoms with van der Waals surface area (Å²) in [7, 11) is 1.69. The Balaban J connectivity index is 1.48. The first-order valence-corrected chi connectivity index (χ1v) is 10.6.